The van der Waals surface area contributed by atoms with Crippen molar-refractivity contribution in [2.45, 2.75) is 33.1 Å². The molecule has 1 saturated heterocycles. The highest BCUT2D eigenvalue weighted by Crippen LogP contribution is 2.29. The van der Waals surface area contributed by atoms with Gasteiger partial charge >= 0.3 is 0 Å². The van der Waals surface area contributed by atoms with Gasteiger partial charge in [-0.25, -0.2) is 0 Å². The fraction of sp³-hybridized carbons (Fsp3) is 0.562. The van der Waals surface area contributed by atoms with Gasteiger partial charge in [-0.2, -0.15) is 0 Å². The Labute approximate surface area is 120 Å². The highest BCUT2D eigenvalue weighted by atomic mass is 16.5. The Balaban J connectivity index is 1.75. The quantitative estimate of drug-likeness (QED) is 0.860. The average Bonchev–Trinajstić information content (AvgIpc) is 2.40. The Morgan fingerprint density at radius 2 is 1.95 bits per heavy atom. The highest BCUT2D eigenvalue weighted by Gasteiger charge is 2.27. The van der Waals surface area contributed by atoms with E-state index in [9.17, 15) is 4.79 Å². The van der Waals surface area contributed by atoms with Gasteiger partial charge in [-0.1, -0.05) is 26.0 Å². The van der Waals surface area contributed by atoms with E-state index in [1.54, 1.807) is 6.07 Å². The lowest BCUT2D eigenvalue weighted by Gasteiger charge is -2.36. The lowest BCUT2D eigenvalue weighted by atomic mass is 9.82. The van der Waals surface area contributed by atoms with Crippen molar-refractivity contribution in [1.29, 1.82) is 0 Å². The third kappa shape index (κ3) is 3.89. The van der Waals surface area contributed by atoms with E-state index in [0.29, 0.717) is 29.9 Å². The van der Waals surface area contributed by atoms with E-state index in [1.165, 1.54) is 0 Å². The van der Waals surface area contributed by atoms with Crippen molar-refractivity contribution in [2.24, 2.45) is 5.41 Å². The van der Waals surface area contributed by atoms with Crippen LogP contribution in [0.2, 0.25) is 0 Å². The maximum absolute atomic E-state index is 12.1. The van der Waals surface area contributed by atoms with E-state index >= 15 is 0 Å². The first-order valence-corrected chi connectivity index (χ1v) is 7.23. The zero-order valence-corrected chi connectivity index (χ0v) is 12.4. The monoisotopic (exact) mass is 276 g/mol. The fourth-order valence-electron chi connectivity index (χ4n) is 2.38. The maximum Gasteiger partial charge on any atom is 0.225 e. The van der Waals surface area contributed by atoms with Crippen molar-refractivity contribution < 1.29 is 9.53 Å². The number of nitrogens with two attached hydrogens (primary N) is 1. The molecular weight excluding hydrogens is 252 g/mol. The van der Waals surface area contributed by atoms with Crippen LogP contribution in [0.15, 0.2) is 24.3 Å². The van der Waals surface area contributed by atoms with E-state index < -0.39 is 0 Å². The molecule has 1 amide bonds. The number of carbonyl (C=O) groups is 1. The number of nitrogens with zero attached hydrogens (tertiary/aromatic N) is 1. The molecule has 0 atom stereocenters. The van der Waals surface area contributed by atoms with Crippen LogP contribution in [0.25, 0.3) is 0 Å². The number of hydrogen-bond acceptors (Lipinski definition) is 3. The SMILES string of the molecule is CC1(C)CCN(C(=O)CCOc2ccccc2N)CC1. The molecule has 1 aromatic carbocycles. The number of carbonyl (C=O) groups excluding carboxylic acids is 1. The second-order valence-corrected chi connectivity index (χ2v) is 6.18. The third-order valence-electron chi connectivity index (χ3n) is 3.96. The summed E-state index contributed by atoms with van der Waals surface area (Å²) in [5, 5.41) is 0. The summed E-state index contributed by atoms with van der Waals surface area (Å²) in [5.74, 6) is 0.829. The number of rotatable bonds is 4. The van der Waals surface area contributed by atoms with Gasteiger partial charge in [-0.05, 0) is 30.4 Å². The van der Waals surface area contributed by atoms with E-state index in [1.807, 2.05) is 23.1 Å². The van der Waals surface area contributed by atoms with Crippen LogP contribution >= 0.6 is 0 Å². The minimum Gasteiger partial charge on any atom is -0.491 e. The maximum atomic E-state index is 12.1. The van der Waals surface area contributed by atoms with Crippen LogP contribution in [0.3, 0.4) is 0 Å². The molecule has 4 heteroatoms. The summed E-state index contributed by atoms with van der Waals surface area (Å²) in [5.41, 5.74) is 6.77. The molecule has 0 unspecified atom stereocenters. The second-order valence-electron chi connectivity index (χ2n) is 6.18. The average molecular weight is 276 g/mol. The van der Waals surface area contributed by atoms with Crippen LogP contribution in [0.4, 0.5) is 5.69 Å². The number of piperidine rings is 1. The first-order valence-electron chi connectivity index (χ1n) is 7.23. The molecule has 20 heavy (non-hydrogen) atoms. The molecule has 1 fully saturated rings. The van der Waals surface area contributed by atoms with Gasteiger partial charge in [0.05, 0.1) is 18.7 Å². The Morgan fingerprint density at radius 1 is 1.30 bits per heavy atom. The van der Waals surface area contributed by atoms with Crippen molar-refractivity contribution >= 4 is 11.6 Å². The van der Waals surface area contributed by atoms with Gasteiger partial charge < -0.3 is 15.4 Å². The minimum atomic E-state index is 0.176. The van der Waals surface area contributed by atoms with Gasteiger partial charge in [0.2, 0.25) is 5.91 Å². The molecule has 2 rings (SSSR count). The fourth-order valence-corrected chi connectivity index (χ4v) is 2.38. The molecule has 0 aliphatic carbocycles. The van der Waals surface area contributed by atoms with Gasteiger partial charge in [-0.15, -0.1) is 0 Å². The van der Waals surface area contributed by atoms with Crippen LogP contribution in [0, 0.1) is 5.41 Å². The van der Waals surface area contributed by atoms with Crippen LogP contribution < -0.4 is 10.5 Å². The molecule has 0 bridgehead atoms. The molecule has 110 valence electrons. The summed E-state index contributed by atoms with van der Waals surface area (Å²) >= 11 is 0. The minimum absolute atomic E-state index is 0.176. The topological polar surface area (TPSA) is 55.6 Å². The molecule has 1 aromatic rings. The van der Waals surface area contributed by atoms with E-state index in [0.717, 1.165) is 25.9 Å². The smallest absolute Gasteiger partial charge is 0.225 e. The Kier molecular flexibility index (Phi) is 4.53. The van der Waals surface area contributed by atoms with Crippen molar-refractivity contribution in [3.8, 4) is 5.75 Å². The first-order chi connectivity index (χ1) is 9.48. The summed E-state index contributed by atoms with van der Waals surface area (Å²) in [6, 6.07) is 7.36. The number of para-hydroxylation sites is 2. The van der Waals surface area contributed by atoms with Gasteiger partial charge in [0.1, 0.15) is 5.75 Å². The number of nitrogen functional groups attached to an aromatic ring is 1. The van der Waals surface area contributed by atoms with Crippen molar-refractivity contribution in [1.82, 2.24) is 4.90 Å². The predicted molar refractivity (Wildman–Crippen MR) is 80.6 cm³/mol. The van der Waals surface area contributed by atoms with E-state index in [4.69, 9.17) is 10.5 Å². The standard InChI is InChI=1S/C16H24N2O2/c1-16(2)8-10-18(11-9-16)15(19)7-12-20-14-6-4-3-5-13(14)17/h3-6H,7-12,17H2,1-2H3. The highest BCUT2D eigenvalue weighted by molar-refractivity contribution is 5.76. The van der Waals surface area contributed by atoms with Crippen molar-refractivity contribution in [3.05, 3.63) is 24.3 Å². The van der Waals surface area contributed by atoms with Crippen LogP contribution in [-0.2, 0) is 4.79 Å². The third-order valence-corrected chi connectivity index (χ3v) is 3.96. The van der Waals surface area contributed by atoms with Crippen molar-refractivity contribution in [2.75, 3.05) is 25.4 Å². The number of likely N-dealkylation sites (tertiary alicyclic amines) is 1. The first kappa shape index (κ1) is 14.7. The number of ether oxygens (including phenoxy) is 1. The molecule has 1 aliphatic heterocycles. The molecule has 0 radical (unpaired) electrons. The molecule has 0 aromatic heterocycles. The molecule has 0 saturated carbocycles. The summed E-state index contributed by atoms with van der Waals surface area (Å²) in [6.45, 7) is 6.62. The number of benzene rings is 1. The van der Waals surface area contributed by atoms with E-state index in [2.05, 4.69) is 13.8 Å². The summed E-state index contributed by atoms with van der Waals surface area (Å²) in [7, 11) is 0. The lowest BCUT2D eigenvalue weighted by Crippen LogP contribution is -2.41. The van der Waals surface area contributed by atoms with Gasteiger partial charge in [0.15, 0.2) is 0 Å². The predicted octanol–water partition coefficient (Wildman–Crippen LogP) is 2.69. The van der Waals surface area contributed by atoms with E-state index in [-0.39, 0.29) is 5.91 Å². The number of amides is 1. The second kappa shape index (κ2) is 6.16. The molecule has 2 N–H and O–H groups in total. The van der Waals surface area contributed by atoms with Gasteiger partial charge in [0.25, 0.3) is 0 Å². The lowest BCUT2D eigenvalue weighted by molar-refractivity contribution is -0.133. The summed E-state index contributed by atoms with van der Waals surface area (Å²) in [6.07, 6.45) is 2.56. The number of anilines is 1. The van der Waals surface area contributed by atoms with Crippen LogP contribution in [-0.4, -0.2) is 30.5 Å². The molecule has 0 spiro atoms. The Bertz CT molecular complexity index is 461. The molecule has 4 nitrogen and oxygen atoms in total. The Morgan fingerprint density at radius 3 is 2.60 bits per heavy atom. The van der Waals surface area contributed by atoms with Crippen molar-refractivity contribution in [3.63, 3.8) is 0 Å². The Hall–Kier alpha value is -1.71. The summed E-state index contributed by atoms with van der Waals surface area (Å²) < 4.78 is 5.57. The zero-order chi connectivity index (χ0) is 14.6. The zero-order valence-electron chi connectivity index (χ0n) is 12.4. The van der Waals surface area contributed by atoms with Gasteiger partial charge in [-0.3, -0.25) is 4.79 Å². The van der Waals surface area contributed by atoms with Crippen LogP contribution in [0.1, 0.15) is 33.1 Å². The largest absolute Gasteiger partial charge is 0.491 e. The normalized spacial score (nSPS) is 17.8. The molecular formula is C16H24N2O2. The molecule has 1 heterocycles. The number of hydrogen-bond donors (Lipinski definition) is 1. The van der Waals surface area contributed by atoms with Crippen LogP contribution in [0.5, 0.6) is 5.75 Å². The van der Waals surface area contributed by atoms with Gasteiger partial charge in [0, 0.05) is 13.1 Å². The summed E-state index contributed by atoms with van der Waals surface area (Å²) in [4.78, 5) is 14.0. The molecule has 1 aliphatic rings.